The van der Waals surface area contributed by atoms with E-state index in [4.69, 9.17) is 4.42 Å². The summed E-state index contributed by atoms with van der Waals surface area (Å²) in [6.45, 7) is 2.41. The minimum Gasteiger partial charge on any atom is -0.461 e. The van der Waals surface area contributed by atoms with Crippen molar-refractivity contribution in [2.45, 2.75) is 18.9 Å². The van der Waals surface area contributed by atoms with E-state index in [2.05, 4.69) is 24.1 Å². The van der Waals surface area contributed by atoms with Crippen LogP contribution in [0.25, 0.3) is 11.3 Å². The van der Waals surface area contributed by atoms with Gasteiger partial charge in [0.25, 0.3) is 0 Å². The van der Waals surface area contributed by atoms with Crippen LogP contribution < -0.4 is 0 Å². The van der Waals surface area contributed by atoms with Crippen molar-refractivity contribution < 1.29 is 13.6 Å². The van der Waals surface area contributed by atoms with Gasteiger partial charge < -0.3 is 14.2 Å². The highest BCUT2D eigenvalue weighted by Crippen LogP contribution is 2.27. The molecule has 1 saturated heterocycles. The average Bonchev–Trinajstić information content (AvgIpc) is 3.22. The van der Waals surface area contributed by atoms with E-state index < -0.39 is 0 Å². The van der Waals surface area contributed by atoms with Gasteiger partial charge in [-0.25, -0.2) is 4.39 Å². The van der Waals surface area contributed by atoms with Crippen LogP contribution in [0.1, 0.15) is 23.8 Å². The molecule has 0 saturated carbocycles. The topological polar surface area (TPSA) is 36.7 Å². The first-order valence-electron chi connectivity index (χ1n) is 9.98. The van der Waals surface area contributed by atoms with E-state index in [1.54, 1.807) is 24.3 Å². The van der Waals surface area contributed by atoms with E-state index in [-0.39, 0.29) is 17.8 Å². The number of hydrogen-bond acceptors (Lipinski definition) is 3. The first-order chi connectivity index (χ1) is 14.1. The lowest BCUT2D eigenvalue weighted by Gasteiger charge is -2.40. The number of piperazine rings is 1. The molecule has 1 aliphatic heterocycles. The number of rotatable bonds is 5. The molecule has 2 heterocycles. The van der Waals surface area contributed by atoms with Gasteiger partial charge in [0.05, 0.1) is 11.6 Å². The van der Waals surface area contributed by atoms with Crippen LogP contribution >= 0.6 is 0 Å². The average molecular weight is 392 g/mol. The van der Waals surface area contributed by atoms with Crippen LogP contribution in [-0.4, -0.2) is 42.4 Å². The lowest BCUT2D eigenvalue weighted by Crippen LogP contribution is -2.49. The van der Waals surface area contributed by atoms with E-state index in [9.17, 15) is 9.18 Å². The monoisotopic (exact) mass is 392 g/mol. The molecule has 29 heavy (non-hydrogen) atoms. The Morgan fingerprint density at radius 3 is 2.59 bits per heavy atom. The number of amides is 1. The molecule has 0 spiro atoms. The number of hydrogen-bond donors (Lipinski definition) is 0. The Bertz CT molecular complexity index is 970. The van der Waals surface area contributed by atoms with Gasteiger partial charge in [-0.2, -0.15) is 0 Å². The second-order valence-electron chi connectivity index (χ2n) is 7.52. The summed E-state index contributed by atoms with van der Waals surface area (Å²) >= 11 is 0. The second kappa shape index (κ2) is 8.62. The fraction of sp³-hybridized carbons (Fsp3) is 0.292. The minimum atomic E-state index is -0.312. The second-order valence-corrected chi connectivity index (χ2v) is 7.52. The SMILES string of the molecule is CN1CCN(C(=O)CCc2ccc(-c3ccccc3F)o2)[C@@H](c2ccccc2)C1. The number of likely N-dealkylation sites (N-methyl/N-ethyl adjacent to an activating group) is 1. The standard InChI is InChI=1S/C24H25FN2O2/c1-26-15-16-27(22(17-26)18-7-3-2-4-8-18)24(28)14-12-19-11-13-23(29-19)20-9-5-6-10-21(20)25/h2-11,13,22H,12,14-17H2,1H3/t22-/m1/s1. The zero-order valence-electron chi connectivity index (χ0n) is 16.6. The van der Waals surface area contributed by atoms with Crippen molar-refractivity contribution >= 4 is 5.91 Å². The molecule has 0 aliphatic carbocycles. The lowest BCUT2D eigenvalue weighted by molar-refractivity contribution is -0.136. The molecule has 1 aromatic heterocycles. The molecule has 2 aromatic carbocycles. The number of halogens is 1. The van der Waals surface area contributed by atoms with Crippen LogP contribution in [0.2, 0.25) is 0 Å². The Balaban J connectivity index is 1.43. The van der Waals surface area contributed by atoms with Crippen molar-refractivity contribution in [2.75, 3.05) is 26.7 Å². The lowest BCUT2D eigenvalue weighted by atomic mass is 10.0. The quantitative estimate of drug-likeness (QED) is 0.640. The molecule has 0 bridgehead atoms. The van der Waals surface area contributed by atoms with Crippen LogP contribution in [-0.2, 0) is 11.2 Å². The maximum Gasteiger partial charge on any atom is 0.223 e. The zero-order chi connectivity index (χ0) is 20.2. The van der Waals surface area contributed by atoms with Crippen molar-refractivity contribution in [3.8, 4) is 11.3 Å². The van der Waals surface area contributed by atoms with E-state index >= 15 is 0 Å². The van der Waals surface area contributed by atoms with Crippen molar-refractivity contribution in [1.82, 2.24) is 9.80 Å². The third-order valence-electron chi connectivity index (χ3n) is 5.47. The molecule has 1 fully saturated rings. The molecule has 1 atom stereocenters. The maximum absolute atomic E-state index is 14.0. The number of carbonyl (C=O) groups excluding carboxylic acids is 1. The van der Waals surface area contributed by atoms with Gasteiger partial charge in [-0.1, -0.05) is 42.5 Å². The van der Waals surface area contributed by atoms with Gasteiger partial charge in [0.2, 0.25) is 5.91 Å². The predicted octanol–water partition coefficient (Wildman–Crippen LogP) is 4.53. The first kappa shape index (κ1) is 19.4. The largest absolute Gasteiger partial charge is 0.461 e. The summed E-state index contributed by atoms with van der Waals surface area (Å²) in [4.78, 5) is 17.2. The summed E-state index contributed by atoms with van der Waals surface area (Å²) in [6, 6.07) is 20.4. The van der Waals surface area contributed by atoms with E-state index in [1.165, 1.54) is 6.07 Å². The fourth-order valence-corrected chi connectivity index (χ4v) is 3.87. The molecular weight excluding hydrogens is 367 g/mol. The van der Waals surface area contributed by atoms with Crippen LogP contribution in [0.4, 0.5) is 4.39 Å². The number of aryl methyl sites for hydroxylation is 1. The molecule has 0 unspecified atom stereocenters. The van der Waals surface area contributed by atoms with Gasteiger partial charge in [-0.05, 0) is 36.9 Å². The third kappa shape index (κ3) is 4.40. The van der Waals surface area contributed by atoms with Crippen LogP contribution in [0.5, 0.6) is 0 Å². The molecule has 3 aromatic rings. The summed E-state index contributed by atoms with van der Waals surface area (Å²) in [7, 11) is 2.09. The highest BCUT2D eigenvalue weighted by molar-refractivity contribution is 5.77. The van der Waals surface area contributed by atoms with Crippen molar-refractivity contribution in [1.29, 1.82) is 0 Å². The normalized spacial score (nSPS) is 17.4. The van der Waals surface area contributed by atoms with Crippen molar-refractivity contribution in [2.24, 2.45) is 0 Å². The number of benzene rings is 2. The zero-order valence-corrected chi connectivity index (χ0v) is 16.6. The molecule has 0 radical (unpaired) electrons. The minimum absolute atomic E-state index is 0.0630. The Morgan fingerprint density at radius 2 is 1.79 bits per heavy atom. The van der Waals surface area contributed by atoms with Crippen LogP contribution in [0.3, 0.4) is 0 Å². The first-order valence-corrected chi connectivity index (χ1v) is 9.98. The van der Waals surface area contributed by atoms with Crippen LogP contribution in [0, 0.1) is 5.82 Å². The molecule has 0 N–H and O–H groups in total. The third-order valence-corrected chi connectivity index (χ3v) is 5.47. The highest BCUT2D eigenvalue weighted by Gasteiger charge is 2.29. The van der Waals surface area contributed by atoms with Gasteiger partial charge >= 0.3 is 0 Å². The molecule has 4 rings (SSSR count). The Labute approximate surface area is 170 Å². The molecule has 1 aliphatic rings. The van der Waals surface area contributed by atoms with Gasteiger partial charge in [0, 0.05) is 32.5 Å². The summed E-state index contributed by atoms with van der Waals surface area (Å²) in [6.07, 6.45) is 0.873. The number of nitrogens with zero attached hydrogens (tertiary/aromatic N) is 2. The number of furan rings is 1. The van der Waals surface area contributed by atoms with Gasteiger partial charge in [0.1, 0.15) is 17.3 Å². The van der Waals surface area contributed by atoms with Crippen molar-refractivity contribution in [3.63, 3.8) is 0 Å². The van der Waals surface area contributed by atoms with Gasteiger partial charge in [0.15, 0.2) is 0 Å². The summed E-state index contributed by atoms with van der Waals surface area (Å²) in [5, 5.41) is 0. The fourth-order valence-electron chi connectivity index (χ4n) is 3.87. The molecular formula is C24H25FN2O2. The number of carbonyl (C=O) groups is 1. The maximum atomic E-state index is 14.0. The summed E-state index contributed by atoms with van der Waals surface area (Å²) in [5.74, 6) is 0.998. The molecule has 150 valence electrons. The Kier molecular flexibility index (Phi) is 5.76. The molecule has 5 heteroatoms. The van der Waals surface area contributed by atoms with Crippen molar-refractivity contribution in [3.05, 3.63) is 83.9 Å². The van der Waals surface area contributed by atoms with Gasteiger partial charge in [-0.3, -0.25) is 4.79 Å². The molecule has 4 nitrogen and oxygen atoms in total. The van der Waals surface area contributed by atoms with Gasteiger partial charge in [-0.15, -0.1) is 0 Å². The Hall–Kier alpha value is -2.92. The summed E-state index contributed by atoms with van der Waals surface area (Å²) < 4.78 is 19.8. The Morgan fingerprint density at radius 1 is 1.03 bits per heavy atom. The predicted molar refractivity (Wildman–Crippen MR) is 111 cm³/mol. The van der Waals surface area contributed by atoms with E-state index in [1.807, 2.05) is 29.2 Å². The van der Waals surface area contributed by atoms with E-state index in [0.29, 0.717) is 36.5 Å². The molecule has 1 amide bonds. The summed E-state index contributed by atoms with van der Waals surface area (Å²) in [5.41, 5.74) is 1.60. The van der Waals surface area contributed by atoms with E-state index in [0.717, 1.165) is 18.7 Å². The smallest absolute Gasteiger partial charge is 0.223 e. The highest BCUT2D eigenvalue weighted by atomic mass is 19.1. The van der Waals surface area contributed by atoms with Crippen LogP contribution in [0.15, 0.2) is 71.1 Å².